The molecule has 1 saturated heterocycles. The van der Waals surface area contributed by atoms with Gasteiger partial charge in [0.1, 0.15) is 16.9 Å². The molecule has 0 radical (unpaired) electrons. The number of piperazine rings is 1. The Kier molecular flexibility index (Phi) is 5.15. The average molecular weight is 395 g/mol. The summed E-state index contributed by atoms with van der Waals surface area (Å²) in [5, 5.41) is 4.94. The number of furan rings is 1. The van der Waals surface area contributed by atoms with Gasteiger partial charge in [-0.05, 0) is 19.1 Å². The first-order valence-corrected chi connectivity index (χ1v) is 9.77. The van der Waals surface area contributed by atoms with Crippen molar-refractivity contribution in [1.82, 2.24) is 9.80 Å². The van der Waals surface area contributed by atoms with E-state index in [9.17, 15) is 9.59 Å². The van der Waals surface area contributed by atoms with E-state index in [-0.39, 0.29) is 17.9 Å². The number of anilines is 1. The van der Waals surface area contributed by atoms with Crippen LogP contribution in [0.3, 0.4) is 0 Å². The van der Waals surface area contributed by atoms with E-state index in [1.54, 1.807) is 18.9 Å². The van der Waals surface area contributed by atoms with Crippen LogP contribution in [0.2, 0.25) is 0 Å². The number of para-hydroxylation sites is 1. The van der Waals surface area contributed by atoms with Crippen molar-refractivity contribution in [2.75, 3.05) is 38.6 Å². The van der Waals surface area contributed by atoms with E-state index in [2.05, 4.69) is 10.2 Å². The van der Waals surface area contributed by atoms with Gasteiger partial charge >= 0.3 is 0 Å². The highest BCUT2D eigenvalue weighted by Gasteiger charge is 2.27. The van der Waals surface area contributed by atoms with Crippen LogP contribution in [0, 0.1) is 0 Å². The largest absolute Gasteiger partial charge is 0.495 e. The van der Waals surface area contributed by atoms with Crippen LogP contribution in [0.4, 0.5) is 5.69 Å². The smallest absolute Gasteiger partial charge is 0.241 e. The highest BCUT2D eigenvalue weighted by atomic mass is 16.5. The fourth-order valence-electron chi connectivity index (χ4n) is 3.85. The molecule has 1 aliphatic heterocycles. The number of nitrogens with zero attached hydrogens (tertiary/aromatic N) is 2. The molecule has 0 bridgehead atoms. The first-order valence-electron chi connectivity index (χ1n) is 9.77. The van der Waals surface area contributed by atoms with Crippen molar-refractivity contribution in [2.45, 2.75) is 19.9 Å². The fraction of sp³-hybridized carbons (Fsp3) is 0.364. The molecular formula is C22H25N3O4. The molecule has 4 rings (SSSR count). The molecule has 2 amide bonds. The summed E-state index contributed by atoms with van der Waals surface area (Å²) in [5.41, 5.74) is 2.08. The van der Waals surface area contributed by atoms with Gasteiger partial charge in [-0.25, -0.2) is 0 Å². The van der Waals surface area contributed by atoms with Gasteiger partial charge in [-0.1, -0.05) is 18.2 Å². The molecule has 2 heterocycles. The van der Waals surface area contributed by atoms with E-state index < -0.39 is 0 Å². The number of fused-ring (bicyclic) bond motifs is 3. The van der Waals surface area contributed by atoms with Gasteiger partial charge in [0.25, 0.3) is 0 Å². The standard InChI is InChI=1S/C22H25N3O4/c1-14(24-8-10-25(11-9-24)15(2)26)22(27)23-18-13-20-17(12-21(18)28-3)16-6-4-5-7-19(16)29-20/h4-7,12-14H,8-11H2,1-3H3,(H,23,27). The summed E-state index contributed by atoms with van der Waals surface area (Å²) in [7, 11) is 1.59. The van der Waals surface area contributed by atoms with Crippen molar-refractivity contribution in [2.24, 2.45) is 0 Å². The minimum Gasteiger partial charge on any atom is -0.495 e. The van der Waals surface area contributed by atoms with Crippen molar-refractivity contribution in [3.8, 4) is 5.75 Å². The van der Waals surface area contributed by atoms with E-state index >= 15 is 0 Å². The Bertz CT molecular complexity index is 1070. The quantitative estimate of drug-likeness (QED) is 0.735. The summed E-state index contributed by atoms with van der Waals surface area (Å²) >= 11 is 0. The maximum atomic E-state index is 12.9. The lowest BCUT2D eigenvalue weighted by atomic mass is 10.1. The molecule has 1 aromatic heterocycles. The van der Waals surface area contributed by atoms with E-state index in [0.717, 1.165) is 16.4 Å². The molecule has 7 heteroatoms. The maximum absolute atomic E-state index is 12.9. The number of carbonyl (C=O) groups is 2. The van der Waals surface area contributed by atoms with E-state index in [4.69, 9.17) is 9.15 Å². The first kappa shape index (κ1) is 19.3. The molecule has 1 unspecified atom stereocenters. The summed E-state index contributed by atoms with van der Waals surface area (Å²) in [6, 6.07) is 11.2. The Hall–Kier alpha value is -3.06. The minimum absolute atomic E-state index is 0.0747. The number of hydrogen-bond donors (Lipinski definition) is 1. The second-order valence-corrected chi connectivity index (χ2v) is 7.35. The molecule has 0 spiro atoms. The van der Waals surface area contributed by atoms with Crippen LogP contribution < -0.4 is 10.1 Å². The molecule has 3 aromatic rings. The molecular weight excluding hydrogens is 370 g/mol. The van der Waals surface area contributed by atoms with Gasteiger partial charge < -0.3 is 19.4 Å². The number of methoxy groups -OCH3 is 1. The summed E-state index contributed by atoms with van der Waals surface area (Å²) in [5.74, 6) is 0.548. The van der Waals surface area contributed by atoms with Crippen LogP contribution in [0.15, 0.2) is 40.8 Å². The third kappa shape index (κ3) is 3.65. The number of benzene rings is 2. The lowest BCUT2D eigenvalue weighted by Gasteiger charge is -2.37. The zero-order valence-corrected chi connectivity index (χ0v) is 16.9. The SMILES string of the molecule is COc1cc2c(cc1NC(=O)C(C)N1CCN(C(C)=O)CC1)oc1ccccc12. The Morgan fingerprint density at radius 1 is 1.07 bits per heavy atom. The van der Waals surface area contributed by atoms with Crippen LogP contribution in [-0.4, -0.2) is 60.9 Å². The van der Waals surface area contributed by atoms with Crippen LogP contribution in [0.25, 0.3) is 21.9 Å². The molecule has 1 aliphatic rings. The predicted octanol–water partition coefficient (Wildman–Crippen LogP) is 3.09. The van der Waals surface area contributed by atoms with Gasteiger partial charge in [0.05, 0.1) is 18.8 Å². The van der Waals surface area contributed by atoms with Crippen molar-refractivity contribution in [1.29, 1.82) is 0 Å². The van der Waals surface area contributed by atoms with Crippen LogP contribution >= 0.6 is 0 Å². The van der Waals surface area contributed by atoms with Crippen LogP contribution in [-0.2, 0) is 9.59 Å². The second kappa shape index (κ2) is 7.75. The molecule has 29 heavy (non-hydrogen) atoms. The summed E-state index contributed by atoms with van der Waals surface area (Å²) < 4.78 is 11.5. The number of rotatable bonds is 4. The number of amides is 2. The monoisotopic (exact) mass is 395 g/mol. The van der Waals surface area contributed by atoms with E-state index in [1.807, 2.05) is 43.3 Å². The van der Waals surface area contributed by atoms with Crippen molar-refractivity contribution < 1.29 is 18.7 Å². The molecule has 1 fully saturated rings. The Morgan fingerprint density at radius 3 is 2.48 bits per heavy atom. The molecule has 152 valence electrons. The zero-order valence-electron chi connectivity index (χ0n) is 16.9. The van der Waals surface area contributed by atoms with Gasteiger partial charge in [0.15, 0.2) is 0 Å². The van der Waals surface area contributed by atoms with Gasteiger partial charge in [-0.2, -0.15) is 0 Å². The maximum Gasteiger partial charge on any atom is 0.241 e. The average Bonchev–Trinajstić information content (AvgIpc) is 3.09. The van der Waals surface area contributed by atoms with E-state index in [0.29, 0.717) is 43.2 Å². The minimum atomic E-state index is -0.319. The Labute approximate surface area is 169 Å². The third-order valence-corrected chi connectivity index (χ3v) is 5.64. The molecule has 0 aliphatic carbocycles. The Balaban J connectivity index is 1.54. The zero-order chi connectivity index (χ0) is 20.5. The highest BCUT2D eigenvalue weighted by molar-refractivity contribution is 6.08. The van der Waals surface area contributed by atoms with Crippen molar-refractivity contribution >= 4 is 39.4 Å². The molecule has 0 saturated carbocycles. The topological polar surface area (TPSA) is 75.0 Å². The van der Waals surface area contributed by atoms with Crippen molar-refractivity contribution in [3.05, 3.63) is 36.4 Å². The molecule has 7 nitrogen and oxygen atoms in total. The molecule has 2 aromatic carbocycles. The van der Waals surface area contributed by atoms with Gasteiger partial charge in [-0.3, -0.25) is 14.5 Å². The number of hydrogen-bond acceptors (Lipinski definition) is 5. The van der Waals surface area contributed by atoms with Gasteiger partial charge in [0.2, 0.25) is 11.8 Å². The first-order chi connectivity index (χ1) is 14.0. The number of nitrogens with one attached hydrogen (secondary N) is 1. The second-order valence-electron chi connectivity index (χ2n) is 7.35. The fourth-order valence-corrected chi connectivity index (χ4v) is 3.85. The normalized spacial score (nSPS) is 16.2. The lowest BCUT2D eigenvalue weighted by molar-refractivity contribution is -0.131. The molecule has 1 N–H and O–H groups in total. The van der Waals surface area contributed by atoms with Gasteiger partial charge in [0, 0.05) is 49.9 Å². The van der Waals surface area contributed by atoms with Gasteiger partial charge in [-0.15, -0.1) is 0 Å². The van der Waals surface area contributed by atoms with Crippen LogP contribution in [0.5, 0.6) is 5.75 Å². The van der Waals surface area contributed by atoms with Crippen molar-refractivity contribution in [3.63, 3.8) is 0 Å². The van der Waals surface area contributed by atoms with E-state index in [1.165, 1.54) is 0 Å². The lowest BCUT2D eigenvalue weighted by Crippen LogP contribution is -2.53. The van der Waals surface area contributed by atoms with Crippen LogP contribution in [0.1, 0.15) is 13.8 Å². The summed E-state index contributed by atoms with van der Waals surface area (Å²) in [6.07, 6.45) is 0. The summed E-state index contributed by atoms with van der Waals surface area (Å²) in [4.78, 5) is 28.3. The molecule has 1 atom stereocenters. The predicted molar refractivity (Wildman–Crippen MR) is 112 cm³/mol. The summed E-state index contributed by atoms with van der Waals surface area (Å²) in [6.45, 7) is 6.08. The Morgan fingerprint density at radius 2 is 1.79 bits per heavy atom. The highest BCUT2D eigenvalue weighted by Crippen LogP contribution is 2.36. The number of carbonyl (C=O) groups excluding carboxylic acids is 2. The third-order valence-electron chi connectivity index (χ3n) is 5.64. The number of ether oxygens (including phenoxy) is 1.